The van der Waals surface area contributed by atoms with E-state index in [0.717, 1.165) is 43.9 Å². The normalized spacial score (nSPS) is 29.3. The molecule has 1 aromatic rings. The van der Waals surface area contributed by atoms with E-state index in [1.54, 1.807) is 0 Å². The van der Waals surface area contributed by atoms with Crippen LogP contribution >= 0.6 is 0 Å². The van der Waals surface area contributed by atoms with Gasteiger partial charge >= 0.3 is 0 Å². The third-order valence-electron chi connectivity index (χ3n) is 7.42. The molecule has 1 saturated heterocycles. The molecule has 0 radical (unpaired) electrons. The quantitative estimate of drug-likeness (QED) is 0.526. The van der Waals surface area contributed by atoms with E-state index in [4.69, 9.17) is 0 Å². The molecule has 1 heterocycles. The van der Waals surface area contributed by atoms with Gasteiger partial charge in [0.25, 0.3) is 11.8 Å². The maximum absolute atomic E-state index is 12.6. The Hall–Kier alpha value is -1.92. The van der Waals surface area contributed by atoms with E-state index in [9.17, 15) is 9.59 Å². The van der Waals surface area contributed by atoms with Crippen LogP contribution < -0.4 is 20.4 Å². The van der Waals surface area contributed by atoms with Crippen LogP contribution in [0.3, 0.4) is 0 Å². The summed E-state index contributed by atoms with van der Waals surface area (Å²) in [5.74, 6) is 1.51. The molecule has 6 heteroatoms. The Bertz CT molecular complexity index is 743. The minimum Gasteiger partial charge on any atom is -0.348 e. The number of nitrogens with one attached hydrogen (secondary N) is 4. The zero-order chi connectivity index (χ0) is 21.7. The number of carbonyl (C=O) groups is 2. The topological polar surface area (TPSA) is 67.1 Å². The number of hydrogen-bond donors (Lipinski definition) is 4. The molecular weight excluding hydrogens is 376 g/mol. The van der Waals surface area contributed by atoms with Crippen molar-refractivity contribution in [3.05, 3.63) is 29.3 Å². The number of carbonyl (C=O) groups excluding carboxylic acids is 2. The van der Waals surface area contributed by atoms with Gasteiger partial charge in [0.05, 0.1) is 0 Å². The molecule has 6 nitrogen and oxygen atoms in total. The Kier molecular flexibility index (Phi) is 7.89. The lowest BCUT2D eigenvalue weighted by molar-refractivity contribution is -1.00. The lowest BCUT2D eigenvalue weighted by Gasteiger charge is -2.35. The second kappa shape index (κ2) is 10.4. The number of amides is 2. The standard InChI is InChI=1S/C24H38N4O2/c1-17-7-5-9-21(19(17)3)25-23(29)15-27-11-13-28(14-12-27)16-24(30)26-22-10-6-8-18(2)20(22)4/h5,7,9,18,20,22H,6,8,10-16H2,1-4H3,(H,25,29)(H,26,30)/p+2/t18-,20+,22+/m1/s1. The van der Waals surface area contributed by atoms with Crippen LogP contribution in [-0.4, -0.2) is 57.1 Å². The molecule has 0 bridgehead atoms. The van der Waals surface area contributed by atoms with Crippen LogP contribution in [0.25, 0.3) is 0 Å². The Morgan fingerprint density at radius 1 is 0.967 bits per heavy atom. The van der Waals surface area contributed by atoms with Gasteiger partial charge in [0.1, 0.15) is 26.2 Å². The molecule has 3 atom stereocenters. The molecule has 0 unspecified atom stereocenters. The summed E-state index contributed by atoms with van der Waals surface area (Å²) >= 11 is 0. The van der Waals surface area contributed by atoms with Crippen molar-refractivity contribution >= 4 is 17.5 Å². The number of anilines is 1. The van der Waals surface area contributed by atoms with E-state index in [-0.39, 0.29) is 11.8 Å². The second-order valence-corrected chi connectivity index (χ2v) is 9.59. The van der Waals surface area contributed by atoms with Gasteiger partial charge in [0.2, 0.25) is 0 Å². The van der Waals surface area contributed by atoms with Gasteiger partial charge in [0, 0.05) is 11.7 Å². The number of benzene rings is 1. The third kappa shape index (κ3) is 6.05. The Morgan fingerprint density at radius 3 is 2.27 bits per heavy atom. The Morgan fingerprint density at radius 2 is 1.60 bits per heavy atom. The molecule has 2 aliphatic rings. The highest BCUT2D eigenvalue weighted by Gasteiger charge is 2.30. The summed E-state index contributed by atoms with van der Waals surface area (Å²) in [5, 5.41) is 6.36. The van der Waals surface area contributed by atoms with Gasteiger partial charge in [-0.1, -0.05) is 38.8 Å². The first-order valence-corrected chi connectivity index (χ1v) is 11.7. The monoisotopic (exact) mass is 416 g/mol. The van der Waals surface area contributed by atoms with Crippen LogP contribution in [0.2, 0.25) is 0 Å². The van der Waals surface area contributed by atoms with Crippen molar-refractivity contribution < 1.29 is 19.4 Å². The predicted molar refractivity (Wildman–Crippen MR) is 120 cm³/mol. The number of aryl methyl sites for hydroxylation is 1. The first kappa shape index (κ1) is 22.8. The summed E-state index contributed by atoms with van der Waals surface area (Å²) in [7, 11) is 0. The van der Waals surface area contributed by atoms with Crippen molar-refractivity contribution in [1.82, 2.24) is 5.32 Å². The van der Waals surface area contributed by atoms with Crippen molar-refractivity contribution in [3.63, 3.8) is 0 Å². The molecule has 1 saturated carbocycles. The molecule has 2 fully saturated rings. The van der Waals surface area contributed by atoms with Crippen molar-refractivity contribution in [2.24, 2.45) is 11.8 Å². The van der Waals surface area contributed by atoms with E-state index in [1.807, 2.05) is 19.1 Å². The summed E-state index contributed by atoms with van der Waals surface area (Å²) in [5.41, 5.74) is 3.22. The summed E-state index contributed by atoms with van der Waals surface area (Å²) in [6, 6.07) is 6.34. The largest absolute Gasteiger partial charge is 0.348 e. The zero-order valence-corrected chi connectivity index (χ0v) is 19.1. The van der Waals surface area contributed by atoms with E-state index >= 15 is 0 Å². The average molecular weight is 417 g/mol. The molecule has 1 aliphatic carbocycles. The van der Waals surface area contributed by atoms with Crippen molar-refractivity contribution in [2.45, 2.75) is 53.0 Å². The van der Waals surface area contributed by atoms with E-state index in [1.165, 1.54) is 28.2 Å². The number of quaternary nitrogens is 2. The highest BCUT2D eigenvalue weighted by molar-refractivity contribution is 5.92. The summed E-state index contributed by atoms with van der Waals surface area (Å²) < 4.78 is 0. The fourth-order valence-electron chi connectivity index (χ4n) is 4.89. The van der Waals surface area contributed by atoms with E-state index < -0.39 is 0 Å². The first-order valence-electron chi connectivity index (χ1n) is 11.7. The van der Waals surface area contributed by atoms with Crippen LogP contribution in [-0.2, 0) is 9.59 Å². The van der Waals surface area contributed by atoms with Gasteiger partial charge in [0.15, 0.2) is 13.1 Å². The van der Waals surface area contributed by atoms with Crippen LogP contribution in [0.4, 0.5) is 5.69 Å². The summed E-state index contributed by atoms with van der Waals surface area (Å²) in [4.78, 5) is 27.7. The van der Waals surface area contributed by atoms with Crippen molar-refractivity contribution in [1.29, 1.82) is 0 Å². The Balaban J connectivity index is 1.38. The lowest BCUT2D eigenvalue weighted by atomic mass is 9.78. The number of piperazine rings is 1. The SMILES string of the molecule is Cc1cccc(NC(=O)C[NH+]2CC[NH+](CC(=O)N[C@H]3CCC[C@@H](C)[C@@H]3C)CC2)c1C. The van der Waals surface area contributed by atoms with Crippen LogP contribution in [0.5, 0.6) is 0 Å². The van der Waals surface area contributed by atoms with Gasteiger partial charge < -0.3 is 20.4 Å². The van der Waals surface area contributed by atoms with Crippen molar-refractivity contribution in [3.8, 4) is 0 Å². The molecule has 30 heavy (non-hydrogen) atoms. The average Bonchev–Trinajstić information content (AvgIpc) is 2.70. The number of hydrogen-bond acceptors (Lipinski definition) is 2. The molecule has 2 amide bonds. The lowest BCUT2D eigenvalue weighted by Crippen LogP contribution is -3.28. The fraction of sp³-hybridized carbons (Fsp3) is 0.667. The predicted octanol–water partition coefficient (Wildman–Crippen LogP) is -0.0338. The molecule has 4 N–H and O–H groups in total. The molecule has 3 rings (SSSR count). The van der Waals surface area contributed by atoms with E-state index in [2.05, 4.69) is 37.5 Å². The molecule has 166 valence electrons. The highest BCUT2D eigenvalue weighted by Crippen LogP contribution is 2.29. The summed E-state index contributed by atoms with van der Waals surface area (Å²) in [6.45, 7) is 13.5. The maximum atomic E-state index is 12.6. The zero-order valence-electron chi connectivity index (χ0n) is 19.1. The molecule has 1 aliphatic heterocycles. The maximum Gasteiger partial charge on any atom is 0.279 e. The van der Waals surface area contributed by atoms with Gasteiger partial charge in [-0.05, 0) is 49.3 Å². The van der Waals surface area contributed by atoms with Crippen LogP contribution in [0.1, 0.15) is 44.2 Å². The number of rotatable bonds is 6. The van der Waals surface area contributed by atoms with Crippen LogP contribution in [0.15, 0.2) is 18.2 Å². The van der Waals surface area contributed by atoms with E-state index in [0.29, 0.717) is 31.0 Å². The van der Waals surface area contributed by atoms with Gasteiger partial charge in [-0.2, -0.15) is 0 Å². The van der Waals surface area contributed by atoms with Gasteiger partial charge in [-0.3, -0.25) is 9.59 Å². The fourth-order valence-corrected chi connectivity index (χ4v) is 4.89. The van der Waals surface area contributed by atoms with Crippen molar-refractivity contribution in [2.75, 3.05) is 44.6 Å². The first-order chi connectivity index (χ1) is 14.3. The highest BCUT2D eigenvalue weighted by atomic mass is 16.2. The van der Waals surface area contributed by atoms with Gasteiger partial charge in [-0.15, -0.1) is 0 Å². The van der Waals surface area contributed by atoms with Crippen LogP contribution in [0, 0.1) is 25.7 Å². The summed E-state index contributed by atoms with van der Waals surface area (Å²) in [6.07, 6.45) is 3.61. The third-order valence-corrected chi connectivity index (χ3v) is 7.42. The van der Waals surface area contributed by atoms with Gasteiger partial charge in [-0.25, -0.2) is 0 Å². The molecule has 0 aromatic heterocycles. The smallest absolute Gasteiger partial charge is 0.279 e. The molecule has 0 spiro atoms. The second-order valence-electron chi connectivity index (χ2n) is 9.59. The minimum absolute atomic E-state index is 0.0697. The molecular formula is C24H40N4O2+2. The molecule has 1 aromatic carbocycles. The Labute approximate surface area is 181 Å². The minimum atomic E-state index is 0.0697.